The minimum atomic E-state index is -0.0507. The quantitative estimate of drug-likeness (QED) is 0.679. The number of carbonyl (C=O) groups excluding carboxylic acids is 1. The molecule has 0 saturated carbocycles. The molecule has 3 nitrogen and oxygen atoms in total. The van der Waals surface area contributed by atoms with Crippen molar-refractivity contribution < 1.29 is 4.79 Å². The van der Waals surface area contributed by atoms with E-state index in [1.807, 2.05) is 49.5 Å². The first-order chi connectivity index (χ1) is 9.74. The van der Waals surface area contributed by atoms with E-state index in [1.165, 1.54) is 0 Å². The summed E-state index contributed by atoms with van der Waals surface area (Å²) in [6, 6.07) is 17.7. The molecule has 0 saturated heterocycles. The van der Waals surface area contributed by atoms with E-state index in [0.717, 1.165) is 11.1 Å². The van der Waals surface area contributed by atoms with Crippen LogP contribution >= 0.6 is 0 Å². The van der Waals surface area contributed by atoms with Crippen LogP contribution in [0.5, 0.6) is 0 Å². The Hall–Kier alpha value is -2.68. The lowest BCUT2D eigenvalue weighted by Crippen LogP contribution is -2.01. The van der Waals surface area contributed by atoms with Crippen LogP contribution < -0.4 is 0 Å². The van der Waals surface area contributed by atoms with Crippen molar-refractivity contribution in [1.29, 1.82) is 0 Å². The van der Waals surface area contributed by atoms with Gasteiger partial charge in [-0.15, -0.1) is 0 Å². The van der Waals surface area contributed by atoms with Crippen molar-refractivity contribution in [3.63, 3.8) is 0 Å². The number of nitrogens with zero attached hydrogens (tertiary/aromatic N) is 2. The van der Waals surface area contributed by atoms with E-state index in [9.17, 15) is 4.79 Å². The summed E-state index contributed by atoms with van der Waals surface area (Å²) in [5, 5.41) is 0. The maximum absolute atomic E-state index is 12.2. The number of hydrogen-bond acceptors (Lipinski definition) is 2. The van der Waals surface area contributed by atoms with Crippen LogP contribution in [0.15, 0.2) is 67.1 Å². The lowest BCUT2D eigenvalue weighted by atomic mass is 10.0. The zero-order valence-electron chi connectivity index (χ0n) is 11.2. The van der Waals surface area contributed by atoms with Gasteiger partial charge in [0.25, 0.3) is 0 Å². The Morgan fingerprint density at radius 1 is 0.950 bits per heavy atom. The Balaban J connectivity index is 1.88. The summed E-state index contributed by atoms with van der Waals surface area (Å²) >= 11 is 0. The molecule has 98 valence electrons. The molecular weight excluding hydrogens is 248 g/mol. The van der Waals surface area contributed by atoms with Gasteiger partial charge in [0.1, 0.15) is 5.69 Å². The molecule has 0 aliphatic rings. The van der Waals surface area contributed by atoms with Gasteiger partial charge < -0.3 is 4.57 Å². The summed E-state index contributed by atoms with van der Waals surface area (Å²) < 4.78 is 1.77. The molecule has 0 atom stereocenters. The minimum Gasteiger partial charge on any atom is -0.340 e. The van der Waals surface area contributed by atoms with E-state index < -0.39 is 0 Å². The number of aryl methyl sites for hydroxylation is 1. The summed E-state index contributed by atoms with van der Waals surface area (Å²) in [5.41, 5.74) is 3.37. The second kappa shape index (κ2) is 5.13. The molecule has 0 aliphatic heterocycles. The van der Waals surface area contributed by atoms with Gasteiger partial charge in [-0.05, 0) is 11.1 Å². The predicted molar refractivity (Wildman–Crippen MR) is 78.5 cm³/mol. The smallest absolute Gasteiger partial charge is 0.212 e. The third kappa shape index (κ3) is 2.38. The summed E-state index contributed by atoms with van der Waals surface area (Å²) in [5.74, 6) is -0.0507. The fourth-order valence-electron chi connectivity index (χ4n) is 2.12. The molecule has 0 spiro atoms. The Kier molecular flexibility index (Phi) is 3.17. The predicted octanol–water partition coefficient (Wildman–Crippen LogP) is 3.32. The van der Waals surface area contributed by atoms with Gasteiger partial charge in [-0.1, -0.05) is 54.6 Å². The standard InChI is InChI=1S/C17H14N2O/c1-19-11-16(18-12-19)17(20)15-9-7-14(8-10-15)13-5-3-2-4-6-13/h2-12H,1H3. The summed E-state index contributed by atoms with van der Waals surface area (Å²) in [6.07, 6.45) is 3.36. The van der Waals surface area contributed by atoms with Crippen molar-refractivity contribution in [2.24, 2.45) is 7.05 Å². The second-order valence-corrected chi connectivity index (χ2v) is 4.70. The van der Waals surface area contributed by atoms with Crippen molar-refractivity contribution in [1.82, 2.24) is 9.55 Å². The molecule has 0 bridgehead atoms. The van der Waals surface area contributed by atoms with Crippen LogP contribution in [0.3, 0.4) is 0 Å². The van der Waals surface area contributed by atoms with Crippen molar-refractivity contribution >= 4 is 5.78 Å². The van der Waals surface area contributed by atoms with Gasteiger partial charge in [0.15, 0.2) is 0 Å². The molecular formula is C17H14N2O. The molecule has 3 heteroatoms. The van der Waals surface area contributed by atoms with Gasteiger partial charge in [0.2, 0.25) is 5.78 Å². The van der Waals surface area contributed by atoms with Gasteiger partial charge >= 0.3 is 0 Å². The molecule has 0 amide bonds. The first kappa shape index (κ1) is 12.4. The summed E-state index contributed by atoms with van der Waals surface area (Å²) in [6.45, 7) is 0. The number of carbonyl (C=O) groups is 1. The van der Waals surface area contributed by atoms with Gasteiger partial charge in [-0.3, -0.25) is 4.79 Å². The summed E-state index contributed by atoms with van der Waals surface area (Å²) in [7, 11) is 1.85. The first-order valence-corrected chi connectivity index (χ1v) is 6.42. The fraction of sp³-hybridized carbons (Fsp3) is 0.0588. The molecule has 0 N–H and O–H groups in total. The molecule has 2 aromatic carbocycles. The highest BCUT2D eigenvalue weighted by atomic mass is 16.1. The molecule has 3 rings (SSSR count). The minimum absolute atomic E-state index is 0.0507. The maximum Gasteiger partial charge on any atom is 0.212 e. The van der Waals surface area contributed by atoms with Gasteiger partial charge in [0, 0.05) is 18.8 Å². The number of aromatic nitrogens is 2. The molecule has 0 radical (unpaired) electrons. The zero-order valence-corrected chi connectivity index (χ0v) is 11.2. The highest BCUT2D eigenvalue weighted by Crippen LogP contribution is 2.20. The molecule has 0 aliphatic carbocycles. The lowest BCUT2D eigenvalue weighted by Gasteiger charge is -2.03. The van der Waals surface area contributed by atoms with Crippen molar-refractivity contribution in [2.45, 2.75) is 0 Å². The zero-order chi connectivity index (χ0) is 13.9. The van der Waals surface area contributed by atoms with E-state index in [4.69, 9.17) is 0 Å². The normalized spacial score (nSPS) is 10.4. The van der Waals surface area contributed by atoms with Crippen molar-refractivity contribution in [3.05, 3.63) is 78.4 Å². The number of hydrogen-bond donors (Lipinski definition) is 0. The highest BCUT2D eigenvalue weighted by Gasteiger charge is 2.11. The number of ketones is 1. The first-order valence-electron chi connectivity index (χ1n) is 6.42. The third-order valence-electron chi connectivity index (χ3n) is 3.19. The Labute approximate surface area is 117 Å². The maximum atomic E-state index is 12.2. The molecule has 1 heterocycles. The SMILES string of the molecule is Cn1cnc(C(=O)c2ccc(-c3ccccc3)cc2)c1. The number of imidazole rings is 1. The van der Waals surface area contributed by atoms with Gasteiger partial charge in [-0.25, -0.2) is 4.98 Å². The summed E-state index contributed by atoms with van der Waals surface area (Å²) in [4.78, 5) is 16.3. The lowest BCUT2D eigenvalue weighted by molar-refractivity contribution is 0.103. The van der Waals surface area contributed by atoms with E-state index in [0.29, 0.717) is 11.3 Å². The largest absolute Gasteiger partial charge is 0.340 e. The topological polar surface area (TPSA) is 34.9 Å². The third-order valence-corrected chi connectivity index (χ3v) is 3.19. The average molecular weight is 262 g/mol. The molecule has 0 unspecified atom stereocenters. The molecule has 0 fully saturated rings. The Morgan fingerprint density at radius 3 is 2.20 bits per heavy atom. The second-order valence-electron chi connectivity index (χ2n) is 4.70. The van der Waals surface area contributed by atoms with Gasteiger partial charge in [-0.2, -0.15) is 0 Å². The van der Waals surface area contributed by atoms with Crippen LogP contribution in [0.4, 0.5) is 0 Å². The van der Waals surface area contributed by atoms with E-state index in [2.05, 4.69) is 17.1 Å². The van der Waals surface area contributed by atoms with Crippen LogP contribution in [-0.2, 0) is 7.05 Å². The van der Waals surface area contributed by atoms with Crippen molar-refractivity contribution in [3.8, 4) is 11.1 Å². The number of rotatable bonds is 3. The van der Waals surface area contributed by atoms with Crippen LogP contribution in [0.2, 0.25) is 0 Å². The van der Waals surface area contributed by atoms with Crippen LogP contribution in [-0.4, -0.2) is 15.3 Å². The Bertz CT molecular complexity index is 727. The monoisotopic (exact) mass is 262 g/mol. The fourth-order valence-corrected chi connectivity index (χ4v) is 2.12. The molecule has 1 aromatic heterocycles. The van der Waals surface area contributed by atoms with E-state index in [1.54, 1.807) is 17.1 Å². The van der Waals surface area contributed by atoms with Crippen molar-refractivity contribution in [2.75, 3.05) is 0 Å². The highest BCUT2D eigenvalue weighted by molar-refractivity contribution is 6.07. The van der Waals surface area contributed by atoms with Gasteiger partial charge in [0.05, 0.1) is 6.33 Å². The van der Waals surface area contributed by atoms with Crippen LogP contribution in [0.1, 0.15) is 16.1 Å². The molecule has 3 aromatic rings. The average Bonchev–Trinajstić information content (AvgIpc) is 2.94. The van der Waals surface area contributed by atoms with Crippen LogP contribution in [0.25, 0.3) is 11.1 Å². The van der Waals surface area contributed by atoms with Crippen LogP contribution in [0, 0.1) is 0 Å². The number of benzene rings is 2. The Morgan fingerprint density at radius 2 is 1.60 bits per heavy atom. The van der Waals surface area contributed by atoms with E-state index in [-0.39, 0.29) is 5.78 Å². The van der Waals surface area contributed by atoms with E-state index >= 15 is 0 Å². The molecule has 20 heavy (non-hydrogen) atoms.